The predicted molar refractivity (Wildman–Crippen MR) is 85.8 cm³/mol. The first-order chi connectivity index (χ1) is 10.5. The standard InChI is InChI=1S/C17H21NO4/c1-3-4-5-6-7-11-8-9-12-14(16(11)20)18-13(17(21)22)10(2)15(12)19/h8-9,20H,3-7H2,1-2H3,(H,18,19)(H,21,22). The molecule has 1 aromatic heterocycles. The molecule has 0 saturated heterocycles. The molecule has 0 saturated carbocycles. The molecule has 3 N–H and O–H groups in total. The van der Waals surface area contributed by atoms with Gasteiger partial charge in [0.15, 0.2) is 5.43 Å². The Morgan fingerprint density at radius 1 is 1.23 bits per heavy atom. The molecule has 5 nitrogen and oxygen atoms in total. The van der Waals surface area contributed by atoms with Gasteiger partial charge in [0.25, 0.3) is 0 Å². The second kappa shape index (κ2) is 6.64. The van der Waals surface area contributed by atoms with Crippen LogP contribution in [0.15, 0.2) is 16.9 Å². The van der Waals surface area contributed by atoms with Gasteiger partial charge in [-0.05, 0) is 31.4 Å². The number of H-pyrrole nitrogens is 1. The molecule has 0 fully saturated rings. The minimum Gasteiger partial charge on any atom is -0.505 e. The van der Waals surface area contributed by atoms with Gasteiger partial charge in [-0.25, -0.2) is 4.79 Å². The van der Waals surface area contributed by atoms with Crippen LogP contribution in [0.3, 0.4) is 0 Å². The molecule has 5 heteroatoms. The van der Waals surface area contributed by atoms with E-state index in [4.69, 9.17) is 5.11 Å². The summed E-state index contributed by atoms with van der Waals surface area (Å²) in [5.41, 5.74) is 0.561. The van der Waals surface area contributed by atoms with Gasteiger partial charge in [0.05, 0.1) is 5.52 Å². The van der Waals surface area contributed by atoms with E-state index in [1.54, 1.807) is 12.1 Å². The molecule has 0 amide bonds. The number of aromatic carboxylic acids is 1. The van der Waals surface area contributed by atoms with Gasteiger partial charge in [-0.2, -0.15) is 0 Å². The molecule has 0 bridgehead atoms. The number of carboxylic acid groups (broad SMARTS) is 1. The first-order valence-electron chi connectivity index (χ1n) is 7.58. The van der Waals surface area contributed by atoms with E-state index < -0.39 is 5.97 Å². The number of hydrogen-bond donors (Lipinski definition) is 3. The van der Waals surface area contributed by atoms with E-state index in [1.807, 2.05) is 0 Å². The molecule has 118 valence electrons. The highest BCUT2D eigenvalue weighted by Crippen LogP contribution is 2.28. The zero-order valence-corrected chi connectivity index (χ0v) is 12.9. The van der Waals surface area contributed by atoms with E-state index in [0.29, 0.717) is 11.8 Å². The van der Waals surface area contributed by atoms with E-state index in [1.165, 1.54) is 6.92 Å². The van der Waals surface area contributed by atoms with Crippen LogP contribution in [0.2, 0.25) is 0 Å². The van der Waals surface area contributed by atoms with Crippen LogP contribution in [0.25, 0.3) is 10.9 Å². The van der Waals surface area contributed by atoms with Gasteiger partial charge in [-0.3, -0.25) is 4.79 Å². The lowest BCUT2D eigenvalue weighted by Gasteiger charge is -2.10. The fourth-order valence-corrected chi connectivity index (χ4v) is 2.64. The molecule has 0 aliphatic carbocycles. The number of fused-ring (bicyclic) bond motifs is 1. The normalized spacial score (nSPS) is 11.0. The number of aromatic nitrogens is 1. The summed E-state index contributed by atoms with van der Waals surface area (Å²) in [6.45, 7) is 3.60. The molecule has 0 radical (unpaired) electrons. The van der Waals surface area contributed by atoms with Gasteiger partial charge in [0, 0.05) is 10.9 Å². The van der Waals surface area contributed by atoms with Crippen LogP contribution in [0.5, 0.6) is 5.75 Å². The number of phenols is 1. The summed E-state index contributed by atoms with van der Waals surface area (Å²) in [7, 11) is 0. The third-order valence-electron chi connectivity index (χ3n) is 3.99. The summed E-state index contributed by atoms with van der Waals surface area (Å²) < 4.78 is 0. The third kappa shape index (κ3) is 2.98. The number of phenolic OH excluding ortho intramolecular Hbond substituents is 1. The molecular weight excluding hydrogens is 282 g/mol. The van der Waals surface area contributed by atoms with Crippen LogP contribution in [0, 0.1) is 6.92 Å². The number of benzene rings is 1. The van der Waals surface area contributed by atoms with Gasteiger partial charge < -0.3 is 15.2 Å². The molecular formula is C17H21NO4. The zero-order chi connectivity index (χ0) is 16.3. The zero-order valence-electron chi connectivity index (χ0n) is 12.9. The van der Waals surface area contributed by atoms with Crippen molar-refractivity contribution in [1.82, 2.24) is 4.98 Å². The lowest BCUT2D eigenvalue weighted by Crippen LogP contribution is -2.15. The minimum absolute atomic E-state index is 0.0198. The van der Waals surface area contributed by atoms with Crippen molar-refractivity contribution in [3.05, 3.63) is 39.2 Å². The fourth-order valence-electron chi connectivity index (χ4n) is 2.64. The third-order valence-corrected chi connectivity index (χ3v) is 3.99. The Labute approximate surface area is 128 Å². The molecule has 0 aliphatic heterocycles. The van der Waals surface area contributed by atoms with Gasteiger partial charge >= 0.3 is 5.97 Å². The van der Waals surface area contributed by atoms with Crippen molar-refractivity contribution >= 4 is 16.9 Å². The number of rotatable bonds is 6. The van der Waals surface area contributed by atoms with Crippen LogP contribution in [0.4, 0.5) is 0 Å². The van der Waals surface area contributed by atoms with Crippen LogP contribution in [-0.4, -0.2) is 21.2 Å². The highest BCUT2D eigenvalue weighted by molar-refractivity contribution is 5.93. The summed E-state index contributed by atoms with van der Waals surface area (Å²) >= 11 is 0. The Morgan fingerprint density at radius 2 is 1.95 bits per heavy atom. The molecule has 0 atom stereocenters. The first-order valence-corrected chi connectivity index (χ1v) is 7.58. The van der Waals surface area contributed by atoms with Crippen molar-refractivity contribution in [2.24, 2.45) is 0 Å². The second-order valence-electron chi connectivity index (χ2n) is 5.57. The predicted octanol–water partition coefficient (Wildman–Crippen LogP) is 3.36. The number of hydrogen-bond acceptors (Lipinski definition) is 3. The molecule has 2 rings (SSSR count). The number of pyridine rings is 1. The molecule has 1 heterocycles. The molecule has 1 aromatic carbocycles. The van der Waals surface area contributed by atoms with Crippen LogP contribution in [-0.2, 0) is 6.42 Å². The first kappa shape index (κ1) is 16.1. The SMILES string of the molecule is CCCCCCc1ccc2c(=O)c(C)c(C(=O)O)[nH]c2c1O. The Bertz CT molecular complexity index is 761. The largest absolute Gasteiger partial charge is 0.505 e. The van der Waals surface area contributed by atoms with Crippen molar-refractivity contribution in [3.8, 4) is 5.75 Å². The highest BCUT2D eigenvalue weighted by Gasteiger charge is 2.17. The molecule has 2 aromatic rings. The Balaban J connectivity index is 2.48. The Kier molecular flexibility index (Phi) is 4.85. The molecule has 0 aliphatic rings. The summed E-state index contributed by atoms with van der Waals surface area (Å²) in [6.07, 6.45) is 5.03. The summed E-state index contributed by atoms with van der Waals surface area (Å²) in [5, 5.41) is 19.8. The topological polar surface area (TPSA) is 90.4 Å². The van der Waals surface area contributed by atoms with Crippen molar-refractivity contribution in [2.75, 3.05) is 0 Å². The number of carbonyl (C=O) groups is 1. The van der Waals surface area contributed by atoms with E-state index >= 15 is 0 Å². The quantitative estimate of drug-likeness (QED) is 0.714. The van der Waals surface area contributed by atoms with Gasteiger partial charge in [-0.15, -0.1) is 0 Å². The van der Waals surface area contributed by atoms with Crippen LogP contribution >= 0.6 is 0 Å². The van der Waals surface area contributed by atoms with E-state index in [9.17, 15) is 14.7 Å². The average Bonchev–Trinajstić information content (AvgIpc) is 2.49. The monoisotopic (exact) mass is 303 g/mol. The van der Waals surface area contributed by atoms with E-state index in [2.05, 4.69) is 11.9 Å². The lowest BCUT2D eigenvalue weighted by molar-refractivity contribution is 0.0690. The van der Waals surface area contributed by atoms with E-state index in [0.717, 1.165) is 31.2 Å². The summed E-state index contributed by atoms with van der Waals surface area (Å²) in [5.74, 6) is -1.22. The number of unbranched alkanes of at least 4 members (excludes halogenated alkanes) is 3. The Hall–Kier alpha value is -2.30. The van der Waals surface area contributed by atoms with Crippen molar-refractivity contribution in [2.45, 2.75) is 46.0 Å². The maximum atomic E-state index is 12.2. The van der Waals surface area contributed by atoms with Crippen molar-refractivity contribution < 1.29 is 15.0 Å². The number of carboxylic acids is 1. The number of aromatic amines is 1. The van der Waals surface area contributed by atoms with Crippen molar-refractivity contribution in [3.63, 3.8) is 0 Å². The lowest BCUT2D eigenvalue weighted by atomic mass is 10.0. The van der Waals surface area contributed by atoms with Crippen molar-refractivity contribution in [1.29, 1.82) is 0 Å². The molecule has 22 heavy (non-hydrogen) atoms. The highest BCUT2D eigenvalue weighted by atomic mass is 16.4. The maximum absolute atomic E-state index is 12.2. The maximum Gasteiger partial charge on any atom is 0.352 e. The minimum atomic E-state index is -1.20. The van der Waals surface area contributed by atoms with E-state index in [-0.39, 0.29) is 28.0 Å². The fraction of sp³-hybridized carbons (Fsp3) is 0.412. The molecule has 0 spiro atoms. The second-order valence-corrected chi connectivity index (χ2v) is 5.57. The van der Waals surface area contributed by atoms with Gasteiger partial charge in [0.2, 0.25) is 0 Å². The number of nitrogens with one attached hydrogen (secondary N) is 1. The summed E-state index contributed by atoms with van der Waals surface area (Å²) in [6, 6.07) is 3.40. The van der Waals surface area contributed by atoms with Gasteiger partial charge in [-0.1, -0.05) is 32.3 Å². The Morgan fingerprint density at radius 3 is 2.59 bits per heavy atom. The number of aryl methyl sites for hydroxylation is 1. The van der Waals surface area contributed by atoms with Crippen LogP contribution in [0.1, 0.15) is 54.2 Å². The smallest absolute Gasteiger partial charge is 0.352 e. The number of aromatic hydroxyl groups is 1. The molecule has 0 unspecified atom stereocenters. The van der Waals surface area contributed by atoms with Crippen LogP contribution < -0.4 is 5.43 Å². The summed E-state index contributed by atoms with van der Waals surface area (Å²) in [4.78, 5) is 26.1. The average molecular weight is 303 g/mol. The van der Waals surface area contributed by atoms with Gasteiger partial charge in [0.1, 0.15) is 11.4 Å².